The largest absolute Gasteiger partial charge is 0.0654 e. The van der Waals surface area contributed by atoms with E-state index in [9.17, 15) is 0 Å². The van der Waals surface area contributed by atoms with Crippen LogP contribution in [0.1, 0.15) is 583 Å². The maximum Gasteiger partial charge on any atom is -0.00268 e. The van der Waals surface area contributed by atoms with Gasteiger partial charge in [-0.1, -0.05) is 579 Å². The van der Waals surface area contributed by atoms with Crippen LogP contribution < -0.4 is 0 Å². The minimum Gasteiger partial charge on any atom is -0.0654 e. The van der Waals surface area contributed by atoms with Crippen LogP contribution >= 0.6 is 0 Å². The Morgan fingerprint density at radius 3 is 0.516 bits per heavy atom. The van der Waals surface area contributed by atoms with Crippen LogP contribution in [0.3, 0.4) is 0 Å². The molecule has 0 aliphatic heterocycles. The first-order valence-corrected chi connectivity index (χ1v) is 54.0. The van der Waals surface area contributed by atoms with Crippen molar-refractivity contribution < 1.29 is 0 Å². The van der Waals surface area contributed by atoms with Crippen LogP contribution in [0.2, 0.25) is 0 Å². The fourth-order valence-electron chi connectivity index (χ4n) is 20.5. The third-order valence-electron chi connectivity index (χ3n) is 35.7. The van der Waals surface area contributed by atoms with Crippen LogP contribution in [-0.2, 0) is 21.7 Å². The lowest BCUT2D eigenvalue weighted by Crippen LogP contribution is -2.37. The fourth-order valence-corrected chi connectivity index (χ4v) is 20.5. The normalized spacial score (nSPS) is 17.5. The quantitative estimate of drug-likeness (QED) is 0.0395. The van der Waals surface area contributed by atoms with Gasteiger partial charge in [-0.2, -0.15) is 0 Å². The molecule has 0 unspecified atom stereocenters. The van der Waals surface area contributed by atoms with E-state index >= 15 is 0 Å². The minimum absolute atomic E-state index is 0.250. The minimum atomic E-state index is 0.250. The second-order valence-electron chi connectivity index (χ2n) is 53.5. The lowest BCUT2D eigenvalue weighted by atomic mass is 9.61. The molecule has 4 atom stereocenters. The number of rotatable bonds is 37. The van der Waals surface area contributed by atoms with Crippen LogP contribution in [0.5, 0.6) is 0 Å². The summed E-state index contributed by atoms with van der Waals surface area (Å²) in [6, 6.07) is 44.1. The van der Waals surface area contributed by atoms with Gasteiger partial charge in [-0.15, -0.1) is 0 Å². The molecule has 0 radical (unpaired) electrons. The van der Waals surface area contributed by atoms with E-state index in [1.54, 1.807) is 0 Å². The summed E-state index contributed by atoms with van der Waals surface area (Å²) in [6.45, 7) is 100. The number of benzene rings is 4. The molecule has 126 heavy (non-hydrogen) atoms. The van der Waals surface area contributed by atoms with Gasteiger partial charge in [0.05, 0.1) is 0 Å². The van der Waals surface area contributed by atoms with Crippen LogP contribution in [0, 0.1) is 75.8 Å². The van der Waals surface area contributed by atoms with Gasteiger partial charge < -0.3 is 0 Å². The zero-order valence-electron chi connectivity index (χ0n) is 94.2. The summed E-state index contributed by atoms with van der Waals surface area (Å²) in [5.41, 5.74) is 13.7. The SMILES string of the molecule is CC(C)(C)CCCC(C)(C)C(C)(C)C.CC(C)(C)CCC[C@](C)(c1ccccc1)C(C)(C)C.CCCCCC(C)(C)C1(C)CCCC1.CCCCCC(C)(C)C1(C)CCCC1.CCCCCC(C)(C)C1(C)CCCC1.CCCCC[C@](C)(c1ccccc1)C(C)(C)C.CCCCC[C@](C)(c1ccccc1)C(C)(C)C.CCCCC[C@](C)(c1ccccc1)C(C)(C)C. The first kappa shape index (κ1) is 123. The lowest BCUT2D eigenvalue weighted by molar-refractivity contribution is 0.0821. The predicted molar refractivity (Wildman–Crippen MR) is 579 cm³/mol. The summed E-state index contributed by atoms with van der Waals surface area (Å²) in [6.07, 6.45) is 58.2. The Morgan fingerprint density at radius 2 is 0.357 bits per heavy atom. The van der Waals surface area contributed by atoms with Gasteiger partial charge in [0.1, 0.15) is 0 Å². The Bertz CT molecular complexity index is 3030. The highest BCUT2D eigenvalue weighted by atomic mass is 14.5. The molecule has 0 amide bonds. The maximum atomic E-state index is 2.52. The van der Waals surface area contributed by atoms with Crippen LogP contribution in [-0.4, -0.2) is 0 Å². The monoisotopic (exact) mass is 1740 g/mol. The molecular weight excluding hydrogens is 1510 g/mol. The molecule has 0 aromatic heterocycles. The molecule has 0 N–H and O–H groups in total. The summed E-state index contributed by atoms with van der Waals surface area (Å²) in [7, 11) is 0. The summed E-state index contributed by atoms with van der Waals surface area (Å²) in [5, 5.41) is 0. The van der Waals surface area contributed by atoms with Crippen molar-refractivity contribution in [2.24, 2.45) is 75.8 Å². The van der Waals surface area contributed by atoms with Crippen molar-refractivity contribution in [3.8, 4) is 0 Å². The van der Waals surface area contributed by atoms with E-state index in [0.29, 0.717) is 70.4 Å². The van der Waals surface area contributed by atoms with E-state index in [1.165, 1.54) is 292 Å². The first-order valence-electron chi connectivity index (χ1n) is 54.0. The van der Waals surface area contributed by atoms with Crippen molar-refractivity contribution in [2.75, 3.05) is 0 Å². The lowest BCUT2D eigenvalue weighted by Gasteiger charge is -2.43. The van der Waals surface area contributed by atoms with E-state index in [0.717, 1.165) is 0 Å². The molecule has 0 nitrogen and oxygen atoms in total. The molecule has 3 fully saturated rings. The molecule has 0 heterocycles. The molecule has 0 bridgehead atoms. The molecule has 0 spiro atoms. The van der Waals surface area contributed by atoms with Gasteiger partial charge in [-0.05, 0) is 222 Å². The molecule has 734 valence electrons. The average molecular weight is 1750 g/mol. The third kappa shape index (κ3) is 41.8. The van der Waals surface area contributed by atoms with Gasteiger partial charge in [0.2, 0.25) is 0 Å². The third-order valence-corrected chi connectivity index (χ3v) is 35.7. The van der Waals surface area contributed by atoms with Gasteiger partial charge in [-0.3, -0.25) is 0 Å². The van der Waals surface area contributed by atoms with Crippen molar-refractivity contribution >= 4 is 0 Å². The Hall–Kier alpha value is -3.12. The number of hydrogen-bond acceptors (Lipinski definition) is 0. The van der Waals surface area contributed by atoms with E-state index in [-0.39, 0.29) is 27.1 Å². The summed E-state index contributed by atoms with van der Waals surface area (Å²) in [4.78, 5) is 0. The van der Waals surface area contributed by atoms with Crippen molar-refractivity contribution in [2.45, 2.75) is 582 Å². The Balaban J connectivity index is 0.00000142. The second kappa shape index (κ2) is 55.7. The molecule has 7 rings (SSSR count). The molecule has 4 aromatic rings. The summed E-state index contributed by atoms with van der Waals surface area (Å²) in [5.74, 6) is 0. The average Bonchev–Trinajstić information content (AvgIpc) is 1.57. The Morgan fingerprint density at radius 1 is 0.190 bits per heavy atom. The van der Waals surface area contributed by atoms with Crippen LogP contribution in [0.4, 0.5) is 0 Å². The smallest absolute Gasteiger partial charge is 0.00268 e. The molecule has 3 aliphatic carbocycles. The topological polar surface area (TPSA) is 0 Å². The zero-order chi connectivity index (χ0) is 97.2. The Kier molecular flexibility index (Phi) is 54.3. The molecule has 3 saturated carbocycles. The molecule has 0 heteroatoms. The maximum absolute atomic E-state index is 2.52. The fraction of sp³-hybridized carbons (Fsp3) is 0.810. The van der Waals surface area contributed by atoms with Gasteiger partial charge in [0, 0.05) is 0 Å². The zero-order valence-corrected chi connectivity index (χ0v) is 94.2. The summed E-state index contributed by atoms with van der Waals surface area (Å²) < 4.78 is 0. The van der Waals surface area contributed by atoms with Crippen molar-refractivity contribution in [3.63, 3.8) is 0 Å². The van der Waals surface area contributed by atoms with E-state index in [1.807, 2.05) is 0 Å². The standard InChI is InChI=1S/C19H32.3C17H28.3C14H28.C14H30/c1-17(2,3)14-11-15-19(7,18(4,5)6)16-12-9-8-10-13-16;3*1-6-7-11-14-17(5,16(2,3)4)15-12-9-8-10-13-15;3*1-5-6-7-10-13(2,3)14(4)11-8-9-12-14;1-12(2,3)10-9-11-14(7,8)13(4,5)6/h8-10,12-13H,11,14-15H2,1-7H3;3*8-10,12-13H,6-7,11,14H2,1-5H3;3*5-12H2,1-4H3;9-11H2,1-8H3/t19-;3*17-;;;;/m1111..../s1. The molecule has 3 aliphatic rings. The number of unbranched alkanes of at least 4 members (excludes halogenated alkanes) is 12. The predicted octanol–water partition coefficient (Wildman–Crippen LogP) is 43.7. The van der Waals surface area contributed by atoms with Gasteiger partial charge in [-0.25, -0.2) is 0 Å². The molecule has 0 saturated heterocycles. The van der Waals surface area contributed by atoms with Crippen molar-refractivity contribution in [1.29, 1.82) is 0 Å². The van der Waals surface area contributed by atoms with Crippen molar-refractivity contribution in [1.82, 2.24) is 0 Å². The number of hydrogen-bond donors (Lipinski definition) is 0. The summed E-state index contributed by atoms with van der Waals surface area (Å²) >= 11 is 0. The van der Waals surface area contributed by atoms with Crippen LogP contribution in [0.15, 0.2) is 121 Å². The van der Waals surface area contributed by atoms with Gasteiger partial charge in [0.25, 0.3) is 0 Å². The molecular formula is C126H230. The van der Waals surface area contributed by atoms with Gasteiger partial charge >= 0.3 is 0 Å². The highest BCUT2D eigenvalue weighted by Gasteiger charge is 2.47. The highest BCUT2D eigenvalue weighted by molar-refractivity contribution is 5.30. The molecule has 4 aromatic carbocycles. The van der Waals surface area contributed by atoms with Crippen molar-refractivity contribution in [3.05, 3.63) is 144 Å². The van der Waals surface area contributed by atoms with E-state index < -0.39 is 0 Å². The van der Waals surface area contributed by atoms with E-state index in [2.05, 4.69) is 412 Å². The van der Waals surface area contributed by atoms with Gasteiger partial charge in [0.15, 0.2) is 0 Å². The first-order chi connectivity index (χ1) is 57.8. The van der Waals surface area contributed by atoms with Crippen LogP contribution in [0.25, 0.3) is 0 Å². The second-order valence-corrected chi connectivity index (χ2v) is 53.5. The Labute approximate surface area is 796 Å². The van der Waals surface area contributed by atoms with E-state index in [4.69, 9.17) is 0 Å². The highest BCUT2D eigenvalue weighted by Crippen LogP contribution is 2.57.